The Morgan fingerprint density at radius 2 is 1.64 bits per heavy atom. The van der Waals surface area contributed by atoms with E-state index in [1.165, 1.54) is 17.5 Å². The van der Waals surface area contributed by atoms with Gasteiger partial charge in [0.2, 0.25) is 0 Å². The third-order valence-electron chi connectivity index (χ3n) is 6.74. The Morgan fingerprint density at radius 3 is 2.36 bits per heavy atom. The molecule has 0 spiro atoms. The maximum Gasteiger partial charge on any atom is 0.255 e. The number of anilines is 1. The molecule has 1 atom stereocenters. The number of nitrogens with one attached hydrogen (secondary N) is 1. The number of ether oxygens (including phenoxy) is 1. The highest BCUT2D eigenvalue weighted by Crippen LogP contribution is 2.29. The zero-order chi connectivity index (χ0) is 22.6. The van der Waals surface area contributed by atoms with E-state index in [4.69, 9.17) is 16.3 Å². The van der Waals surface area contributed by atoms with Crippen molar-refractivity contribution in [3.8, 4) is 11.1 Å². The molecule has 5 heteroatoms. The lowest BCUT2D eigenvalue weighted by molar-refractivity contribution is 0.0297. The molecule has 1 N–H and O–H groups in total. The second-order valence-corrected chi connectivity index (χ2v) is 9.48. The number of benzene rings is 3. The van der Waals surface area contributed by atoms with E-state index in [9.17, 15) is 4.79 Å². The van der Waals surface area contributed by atoms with Gasteiger partial charge in [-0.3, -0.25) is 9.69 Å². The number of nitrogens with zero attached hydrogens (tertiary/aromatic N) is 1. The molecular formula is C28H29ClN2O2. The predicted octanol–water partition coefficient (Wildman–Crippen LogP) is 5.70. The zero-order valence-electron chi connectivity index (χ0n) is 18.7. The van der Waals surface area contributed by atoms with Crippen LogP contribution in [0, 0.1) is 5.92 Å². The van der Waals surface area contributed by atoms with Crippen LogP contribution in [-0.2, 0) is 17.6 Å². The maximum absolute atomic E-state index is 12.8. The van der Waals surface area contributed by atoms with Gasteiger partial charge in [0, 0.05) is 35.9 Å². The summed E-state index contributed by atoms with van der Waals surface area (Å²) in [6.07, 6.45) is 3.39. The summed E-state index contributed by atoms with van der Waals surface area (Å²) < 4.78 is 5.47. The summed E-state index contributed by atoms with van der Waals surface area (Å²) in [7, 11) is 0. The molecule has 1 fully saturated rings. The molecular weight excluding hydrogens is 432 g/mol. The highest BCUT2D eigenvalue weighted by Gasteiger charge is 2.22. The molecule has 0 radical (unpaired) electrons. The van der Waals surface area contributed by atoms with Crippen LogP contribution in [0.15, 0.2) is 66.7 Å². The number of morpholine rings is 1. The van der Waals surface area contributed by atoms with Crippen molar-refractivity contribution in [3.63, 3.8) is 0 Å². The van der Waals surface area contributed by atoms with Crippen molar-refractivity contribution in [1.29, 1.82) is 0 Å². The highest BCUT2D eigenvalue weighted by molar-refractivity contribution is 6.30. The van der Waals surface area contributed by atoms with E-state index < -0.39 is 0 Å². The molecule has 1 heterocycles. The minimum absolute atomic E-state index is 0.0846. The molecule has 1 aliphatic carbocycles. The van der Waals surface area contributed by atoms with Crippen LogP contribution in [0.1, 0.15) is 27.9 Å². The van der Waals surface area contributed by atoms with Crippen molar-refractivity contribution >= 4 is 23.2 Å². The number of rotatable bonds is 5. The molecule has 2 aliphatic rings. The van der Waals surface area contributed by atoms with Gasteiger partial charge in [-0.1, -0.05) is 41.9 Å². The van der Waals surface area contributed by atoms with Crippen LogP contribution >= 0.6 is 11.6 Å². The first-order valence-corrected chi connectivity index (χ1v) is 12.1. The number of aryl methyl sites for hydroxylation is 1. The Balaban J connectivity index is 1.20. The Bertz CT molecular complexity index is 1110. The molecule has 5 rings (SSSR count). The lowest BCUT2D eigenvalue weighted by Gasteiger charge is -2.33. The molecule has 1 aliphatic heterocycles. The van der Waals surface area contributed by atoms with Crippen LogP contribution in [0.5, 0.6) is 0 Å². The van der Waals surface area contributed by atoms with E-state index in [0.29, 0.717) is 16.5 Å². The summed E-state index contributed by atoms with van der Waals surface area (Å²) in [5.74, 6) is 0.619. The number of carbonyl (C=O) groups is 1. The van der Waals surface area contributed by atoms with E-state index >= 15 is 0 Å². The fourth-order valence-electron chi connectivity index (χ4n) is 4.87. The molecule has 0 bridgehead atoms. The quantitative estimate of drug-likeness (QED) is 0.531. The number of hydrogen-bond donors (Lipinski definition) is 1. The van der Waals surface area contributed by atoms with Crippen LogP contribution in [-0.4, -0.2) is 43.7 Å². The second-order valence-electron chi connectivity index (χ2n) is 9.04. The first-order chi connectivity index (χ1) is 16.1. The molecule has 1 amide bonds. The summed E-state index contributed by atoms with van der Waals surface area (Å²) in [6.45, 7) is 4.98. The smallest absolute Gasteiger partial charge is 0.255 e. The highest BCUT2D eigenvalue weighted by atomic mass is 35.5. The molecule has 0 aromatic heterocycles. The fourth-order valence-corrected chi connectivity index (χ4v) is 5.00. The number of hydrogen-bond acceptors (Lipinski definition) is 3. The maximum atomic E-state index is 12.8. The Hall–Kier alpha value is -2.66. The number of amides is 1. The van der Waals surface area contributed by atoms with E-state index in [-0.39, 0.29) is 5.91 Å². The largest absolute Gasteiger partial charge is 0.379 e. The normalized spacial score (nSPS) is 18.5. The molecule has 4 nitrogen and oxygen atoms in total. The molecule has 3 aromatic carbocycles. The Morgan fingerprint density at radius 1 is 0.939 bits per heavy atom. The SMILES string of the molecule is O=C(Nc1ccc2c(c1)CCC(CN1CCOCC1)C2)c1ccc(-c2ccc(Cl)cc2)cc1. The predicted molar refractivity (Wildman–Crippen MR) is 134 cm³/mol. The molecule has 1 saturated heterocycles. The lowest BCUT2D eigenvalue weighted by Crippen LogP contribution is -2.40. The van der Waals surface area contributed by atoms with Gasteiger partial charge in [0.25, 0.3) is 5.91 Å². The van der Waals surface area contributed by atoms with Gasteiger partial charge in [-0.05, 0) is 83.8 Å². The average Bonchev–Trinajstić information content (AvgIpc) is 2.85. The van der Waals surface area contributed by atoms with Gasteiger partial charge in [0.1, 0.15) is 0 Å². The van der Waals surface area contributed by atoms with Gasteiger partial charge < -0.3 is 10.1 Å². The van der Waals surface area contributed by atoms with E-state index in [1.54, 1.807) is 0 Å². The van der Waals surface area contributed by atoms with Gasteiger partial charge >= 0.3 is 0 Å². The first kappa shape index (κ1) is 22.1. The van der Waals surface area contributed by atoms with Crippen molar-refractivity contribution in [2.75, 3.05) is 38.2 Å². The number of carbonyl (C=O) groups excluding carboxylic acids is 1. The van der Waals surface area contributed by atoms with Crippen LogP contribution in [0.2, 0.25) is 5.02 Å². The van der Waals surface area contributed by atoms with E-state index in [0.717, 1.165) is 62.5 Å². The van der Waals surface area contributed by atoms with Gasteiger partial charge in [0.15, 0.2) is 0 Å². The van der Waals surface area contributed by atoms with Crippen LogP contribution < -0.4 is 5.32 Å². The van der Waals surface area contributed by atoms with Gasteiger partial charge in [-0.2, -0.15) is 0 Å². The van der Waals surface area contributed by atoms with Crippen molar-refractivity contribution in [3.05, 3.63) is 88.4 Å². The number of fused-ring (bicyclic) bond motifs is 1. The topological polar surface area (TPSA) is 41.6 Å². The van der Waals surface area contributed by atoms with Gasteiger partial charge in [-0.15, -0.1) is 0 Å². The molecule has 3 aromatic rings. The van der Waals surface area contributed by atoms with Crippen molar-refractivity contribution in [2.24, 2.45) is 5.92 Å². The van der Waals surface area contributed by atoms with E-state index in [1.807, 2.05) is 54.6 Å². The van der Waals surface area contributed by atoms with Crippen molar-refractivity contribution in [2.45, 2.75) is 19.3 Å². The molecule has 1 unspecified atom stereocenters. The minimum Gasteiger partial charge on any atom is -0.379 e. The summed E-state index contributed by atoms with van der Waals surface area (Å²) in [6, 6.07) is 21.8. The molecule has 0 saturated carbocycles. The standard InChI is InChI=1S/C28H29ClN2O2/c29-26-10-7-22(8-11-26)21-3-5-23(6-4-21)28(32)30-27-12-9-24-17-20(1-2-25(24)18-27)19-31-13-15-33-16-14-31/h3-12,18,20H,1-2,13-17,19H2,(H,30,32). The molecule has 170 valence electrons. The summed E-state index contributed by atoms with van der Waals surface area (Å²) in [5.41, 5.74) is 6.44. The van der Waals surface area contributed by atoms with Crippen LogP contribution in [0.3, 0.4) is 0 Å². The van der Waals surface area contributed by atoms with Gasteiger partial charge in [-0.25, -0.2) is 0 Å². The summed E-state index contributed by atoms with van der Waals surface area (Å²) >= 11 is 5.97. The van der Waals surface area contributed by atoms with Crippen LogP contribution in [0.25, 0.3) is 11.1 Å². The third-order valence-corrected chi connectivity index (χ3v) is 6.99. The third kappa shape index (κ3) is 5.47. The number of halogens is 1. The van der Waals surface area contributed by atoms with Crippen molar-refractivity contribution in [1.82, 2.24) is 4.90 Å². The first-order valence-electron chi connectivity index (χ1n) is 11.7. The average molecular weight is 461 g/mol. The zero-order valence-corrected chi connectivity index (χ0v) is 19.5. The van der Waals surface area contributed by atoms with Crippen molar-refractivity contribution < 1.29 is 9.53 Å². The Kier molecular flexibility index (Phi) is 6.77. The van der Waals surface area contributed by atoms with E-state index in [2.05, 4.69) is 22.3 Å². The summed E-state index contributed by atoms with van der Waals surface area (Å²) in [4.78, 5) is 15.3. The molecule has 33 heavy (non-hydrogen) atoms. The summed E-state index contributed by atoms with van der Waals surface area (Å²) in [5, 5.41) is 3.79. The lowest BCUT2D eigenvalue weighted by atomic mass is 9.83. The monoisotopic (exact) mass is 460 g/mol. The Labute approximate surface area is 200 Å². The van der Waals surface area contributed by atoms with Gasteiger partial charge in [0.05, 0.1) is 13.2 Å². The van der Waals surface area contributed by atoms with Crippen LogP contribution in [0.4, 0.5) is 5.69 Å². The fraction of sp³-hybridized carbons (Fsp3) is 0.321. The minimum atomic E-state index is -0.0846. The second kappa shape index (κ2) is 10.1.